The first kappa shape index (κ1) is 11.1. The van der Waals surface area contributed by atoms with E-state index >= 15 is 0 Å². The van der Waals surface area contributed by atoms with Crippen molar-refractivity contribution >= 4 is 0 Å². The van der Waals surface area contributed by atoms with Gasteiger partial charge in [-0.25, -0.2) is 0 Å². The molecule has 6 heteroatoms. The Bertz CT molecular complexity index is 381. The van der Waals surface area contributed by atoms with E-state index in [-0.39, 0.29) is 0 Å². The van der Waals surface area contributed by atoms with Gasteiger partial charge in [0.1, 0.15) is 0 Å². The van der Waals surface area contributed by atoms with Crippen LogP contribution in [-0.4, -0.2) is 41.6 Å². The highest BCUT2D eigenvalue weighted by Crippen LogP contribution is 2.29. The topological polar surface area (TPSA) is 80.4 Å². The van der Waals surface area contributed by atoms with E-state index in [0.29, 0.717) is 30.6 Å². The second kappa shape index (κ2) is 4.36. The number of rotatable bonds is 2. The summed E-state index contributed by atoms with van der Waals surface area (Å²) in [5, 5.41) is 17.4. The van der Waals surface area contributed by atoms with Crippen LogP contribution in [-0.2, 0) is 10.3 Å². The van der Waals surface area contributed by atoms with E-state index in [1.54, 1.807) is 0 Å². The minimum absolute atomic E-state index is 0.305. The van der Waals surface area contributed by atoms with Gasteiger partial charge in [0.15, 0.2) is 11.4 Å². The molecule has 17 heavy (non-hydrogen) atoms. The molecule has 1 aromatic heterocycles. The summed E-state index contributed by atoms with van der Waals surface area (Å²) < 4.78 is 10.5. The molecule has 2 aliphatic heterocycles. The summed E-state index contributed by atoms with van der Waals surface area (Å²) in [6, 6.07) is 0. The van der Waals surface area contributed by atoms with Gasteiger partial charge >= 0.3 is 0 Å². The normalized spacial score (nSPS) is 30.9. The predicted octanol–water partition coefficient (Wildman–Crippen LogP) is 0.144. The van der Waals surface area contributed by atoms with Gasteiger partial charge < -0.3 is 19.7 Å². The molecule has 0 aromatic carbocycles. The zero-order valence-electron chi connectivity index (χ0n) is 9.69. The molecule has 1 unspecified atom stereocenters. The molecule has 2 aliphatic rings. The van der Waals surface area contributed by atoms with Crippen LogP contribution >= 0.6 is 0 Å². The van der Waals surface area contributed by atoms with Crippen LogP contribution < -0.4 is 5.32 Å². The number of nitrogens with one attached hydrogen (secondary N) is 1. The van der Waals surface area contributed by atoms with Gasteiger partial charge in [-0.3, -0.25) is 0 Å². The molecule has 0 saturated carbocycles. The molecule has 0 aliphatic carbocycles. The molecule has 2 saturated heterocycles. The molecule has 0 bridgehead atoms. The van der Waals surface area contributed by atoms with Crippen molar-refractivity contribution in [3.63, 3.8) is 0 Å². The highest BCUT2D eigenvalue weighted by Gasteiger charge is 2.39. The first-order chi connectivity index (χ1) is 8.28. The average Bonchev–Trinajstić information content (AvgIpc) is 2.99. The summed E-state index contributed by atoms with van der Waals surface area (Å²) in [6.45, 7) is 2.77. The smallest absolute Gasteiger partial charge is 0.259 e. The average molecular weight is 239 g/mol. The molecule has 3 heterocycles. The first-order valence-corrected chi connectivity index (χ1v) is 6.13. The fourth-order valence-electron chi connectivity index (χ4n) is 2.41. The van der Waals surface area contributed by atoms with Gasteiger partial charge in [-0.15, -0.1) is 0 Å². The molecule has 6 nitrogen and oxygen atoms in total. The Kier molecular flexibility index (Phi) is 2.85. The second-order valence-corrected chi connectivity index (χ2v) is 4.80. The highest BCUT2D eigenvalue weighted by molar-refractivity contribution is 5.06. The number of hydrogen-bond donors (Lipinski definition) is 2. The van der Waals surface area contributed by atoms with E-state index in [9.17, 15) is 5.11 Å². The minimum atomic E-state index is -0.976. The SMILES string of the molecule is OC1(c2nc(C3CCOCC3)no2)CCNC1. The molecule has 2 fully saturated rings. The van der Waals surface area contributed by atoms with Crippen LogP contribution in [0.4, 0.5) is 0 Å². The van der Waals surface area contributed by atoms with E-state index in [1.165, 1.54) is 0 Å². The molecule has 1 aromatic rings. The van der Waals surface area contributed by atoms with E-state index in [2.05, 4.69) is 15.5 Å². The van der Waals surface area contributed by atoms with Crippen LogP contribution in [0.2, 0.25) is 0 Å². The molecule has 3 rings (SSSR count). The van der Waals surface area contributed by atoms with Gasteiger partial charge in [0.05, 0.1) is 0 Å². The Morgan fingerprint density at radius 2 is 2.18 bits per heavy atom. The number of aliphatic hydroxyl groups is 1. The summed E-state index contributed by atoms with van der Waals surface area (Å²) in [4.78, 5) is 4.36. The standard InChI is InChI=1S/C11H17N3O3/c15-11(3-4-12-7-11)10-13-9(14-17-10)8-1-5-16-6-2-8/h8,12,15H,1-7H2. The van der Waals surface area contributed by atoms with Crippen LogP contribution in [0.5, 0.6) is 0 Å². The predicted molar refractivity (Wildman–Crippen MR) is 58.5 cm³/mol. The fraction of sp³-hybridized carbons (Fsp3) is 0.818. The van der Waals surface area contributed by atoms with Crippen molar-refractivity contribution in [2.75, 3.05) is 26.3 Å². The van der Waals surface area contributed by atoms with Crippen molar-refractivity contribution in [2.45, 2.75) is 30.8 Å². The van der Waals surface area contributed by atoms with Crippen LogP contribution in [0, 0.1) is 0 Å². The lowest BCUT2D eigenvalue weighted by Crippen LogP contribution is -2.28. The van der Waals surface area contributed by atoms with Crippen molar-refractivity contribution in [3.05, 3.63) is 11.7 Å². The van der Waals surface area contributed by atoms with E-state index in [1.807, 2.05) is 0 Å². The Morgan fingerprint density at radius 1 is 1.35 bits per heavy atom. The molecule has 0 spiro atoms. The quantitative estimate of drug-likeness (QED) is 0.764. The third-order valence-electron chi connectivity index (χ3n) is 3.56. The highest BCUT2D eigenvalue weighted by atomic mass is 16.5. The first-order valence-electron chi connectivity index (χ1n) is 6.13. The molecular weight excluding hydrogens is 222 g/mol. The number of ether oxygens (including phenoxy) is 1. The Labute approximate surface area is 99.3 Å². The lowest BCUT2D eigenvalue weighted by Gasteiger charge is -2.18. The second-order valence-electron chi connectivity index (χ2n) is 4.80. The van der Waals surface area contributed by atoms with Gasteiger partial charge in [0.25, 0.3) is 5.89 Å². The number of β-amino-alcohol motifs (C(OH)–C–C–N with tert-alkyl or cyclic N) is 1. The van der Waals surface area contributed by atoms with Crippen LogP contribution in [0.25, 0.3) is 0 Å². The van der Waals surface area contributed by atoms with E-state index in [0.717, 1.165) is 32.6 Å². The van der Waals surface area contributed by atoms with Gasteiger partial charge in [-0.05, 0) is 25.8 Å². The Morgan fingerprint density at radius 3 is 2.88 bits per heavy atom. The fourth-order valence-corrected chi connectivity index (χ4v) is 2.41. The Hall–Kier alpha value is -0.980. The molecule has 2 N–H and O–H groups in total. The third-order valence-corrected chi connectivity index (χ3v) is 3.56. The molecule has 1 atom stereocenters. The summed E-state index contributed by atoms with van der Waals surface area (Å²) in [5.41, 5.74) is -0.976. The zero-order chi connectivity index (χ0) is 11.7. The number of aromatic nitrogens is 2. The van der Waals surface area contributed by atoms with Crippen molar-refractivity contribution < 1.29 is 14.4 Å². The van der Waals surface area contributed by atoms with Crippen LogP contribution in [0.15, 0.2) is 4.52 Å². The van der Waals surface area contributed by atoms with Crippen molar-refractivity contribution in [2.24, 2.45) is 0 Å². The van der Waals surface area contributed by atoms with Crippen molar-refractivity contribution in [1.82, 2.24) is 15.5 Å². The van der Waals surface area contributed by atoms with Crippen LogP contribution in [0.1, 0.15) is 36.9 Å². The van der Waals surface area contributed by atoms with Gasteiger partial charge in [0, 0.05) is 25.7 Å². The minimum Gasteiger partial charge on any atom is -0.381 e. The summed E-state index contributed by atoms with van der Waals surface area (Å²) in [6.07, 6.45) is 2.48. The summed E-state index contributed by atoms with van der Waals surface area (Å²) in [7, 11) is 0. The summed E-state index contributed by atoms with van der Waals surface area (Å²) >= 11 is 0. The molecular formula is C11H17N3O3. The van der Waals surface area contributed by atoms with Crippen LogP contribution in [0.3, 0.4) is 0 Å². The monoisotopic (exact) mass is 239 g/mol. The maximum absolute atomic E-state index is 10.3. The van der Waals surface area contributed by atoms with Gasteiger partial charge in [-0.1, -0.05) is 5.16 Å². The van der Waals surface area contributed by atoms with Crippen molar-refractivity contribution in [1.29, 1.82) is 0 Å². The van der Waals surface area contributed by atoms with Gasteiger partial charge in [-0.2, -0.15) is 4.98 Å². The summed E-state index contributed by atoms with van der Waals surface area (Å²) in [5.74, 6) is 1.37. The lowest BCUT2D eigenvalue weighted by molar-refractivity contribution is 0.0242. The van der Waals surface area contributed by atoms with Gasteiger partial charge in [0.2, 0.25) is 0 Å². The van der Waals surface area contributed by atoms with E-state index < -0.39 is 5.60 Å². The Balaban J connectivity index is 1.77. The van der Waals surface area contributed by atoms with Crippen molar-refractivity contribution in [3.8, 4) is 0 Å². The number of hydrogen-bond acceptors (Lipinski definition) is 6. The largest absolute Gasteiger partial charge is 0.381 e. The number of nitrogens with zero attached hydrogens (tertiary/aromatic N) is 2. The zero-order valence-corrected chi connectivity index (χ0v) is 9.69. The molecule has 94 valence electrons. The lowest BCUT2D eigenvalue weighted by atomic mass is 9.99. The van der Waals surface area contributed by atoms with E-state index in [4.69, 9.17) is 9.26 Å². The maximum atomic E-state index is 10.3. The maximum Gasteiger partial charge on any atom is 0.259 e. The third kappa shape index (κ3) is 2.08. The molecule has 0 amide bonds. The molecule has 0 radical (unpaired) electrons.